The van der Waals surface area contributed by atoms with Gasteiger partial charge in [0.15, 0.2) is 16.3 Å². The lowest BCUT2D eigenvalue weighted by atomic mass is 9.96. The molecule has 8 nitrogen and oxygen atoms in total. The maximum absolute atomic E-state index is 13.9. The van der Waals surface area contributed by atoms with Gasteiger partial charge in [0.2, 0.25) is 0 Å². The van der Waals surface area contributed by atoms with Crippen molar-refractivity contribution in [3.05, 3.63) is 118 Å². The van der Waals surface area contributed by atoms with Gasteiger partial charge in [-0.05, 0) is 83.5 Å². The summed E-state index contributed by atoms with van der Waals surface area (Å²) in [5, 5.41) is 0. The lowest BCUT2D eigenvalue weighted by Gasteiger charge is -2.24. The van der Waals surface area contributed by atoms with E-state index in [2.05, 4.69) is 27.6 Å². The van der Waals surface area contributed by atoms with Crippen molar-refractivity contribution in [2.24, 2.45) is 4.99 Å². The van der Waals surface area contributed by atoms with Crippen LogP contribution in [0.1, 0.15) is 36.6 Å². The van der Waals surface area contributed by atoms with Crippen molar-refractivity contribution >= 4 is 46.0 Å². The predicted molar refractivity (Wildman–Crippen MR) is 170 cm³/mol. The number of esters is 1. The summed E-state index contributed by atoms with van der Waals surface area (Å²) >= 11 is 3.48. The summed E-state index contributed by atoms with van der Waals surface area (Å²) in [6.07, 6.45) is 1.81. The number of rotatable bonds is 9. The van der Waals surface area contributed by atoms with Gasteiger partial charge < -0.3 is 18.9 Å². The molecule has 0 radical (unpaired) electrons. The number of halogens is 1. The first-order chi connectivity index (χ1) is 20.3. The van der Waals surface area contributed by atoms with Crippen LogP contribution in [0.3, 0.4) is 0 Å². The Labute approximate surface area is 260 Å². The van der Waals surface area contributed by atoms with Crippen LogP contribution in [0, 0.1) is 3.57 Å². The van der Waals surface area contributed by atoms with Gasteiger partial charge in [0.1, 0.15) is 12.4 Å². The first-order valence-corrected chi connectivity index (χ1v) is 15.1. The zero-order chi connectivity index (χ0) is 29.8. The molecule has 42 heavy (non-hydrogen) atoms. The summed E-state index contributed by atoms with van der Waals surface area (Å²) in [6, 6.07) is 20.3. The van der Waals surface area contributed by atoms with Crippen molar-refractivity contribution < 1.29 is 23.7 Å². The van der Waals surface area contributed by atoms with Gasteiger partial charge in [-0.2, -0.15) is 0 Å². The van der Waals surface area contributed by atoms with Crippen LogP contribution in [0.15, 0.2) is 87.8 Å². The quantitative estimate of drug-likeness (QED) is 0.181. The Balaban J connectivity index is 1.58. The molecule has 1 aliphatic rings. The van der Waals surface area contributed by atoms with Crippen LogP contribution in [-0.2, 0) is 16.1 Å². The minimum absolute atomic E-state index is 0.209. The molecule has 0 saturated heterocycles. The molecule has 0 fully saturated rings. The first kappa shape index (κ1) is 29.6. The molecule has 0 saturated carbocycles. The van der Waals surface area contributed by atoms with E-state index in [1.54, 1.807) is 44.8 Å². The number of carbonyl (C=O) groups excluding carboxylic acids is 1. The highest BCUT2D eigenvalue weighted by Crippen LogP contribution is 2.35. The molecule has 0 bridgehead atoms. The van der Waals surface area contributed by atoms with Gasteiger partial charge in [-0.3, -0.25) is 9.36 Å². The Morgan fingerprint density at radius 3 is 2.48 bits per heavy atom. The Morgan fingerprint density at radius 2 is 1.81 bits per heavy atom. The van der Waals surface area contributed by atoms with E-state index in [0.29, 0.717) is 44.5 Å². The number of hydrogen-bond acceptors (Lipinski definition) is 8. The zero-order valence-corrected chi connectivity index (χ0v) is 26.5. The van der Waals surface area contributed by atoms with Crippen LogP contribution in [0.2, 0.25) is 0 Å². The first-order valence-electron chi connectivity index (χ1n) is 13.2. The second-order valence-electron chi connectivity index (χ2n) is 9.38. The Kier molecular flexibility index (Phi) is 9.12. The number of fused-ring (bicyclic) bond motifs is 1. The van der Waals surface area contributed by atoms with Gasteiger partial charge in [-0.25, -0.2) is 9.79 Å². The van der Waals surface area contributed by atoms with Gasteiger partial charge in [0, 0.05) is 0 Å². The third-order valence-corrected chi connectivity index (χ3v) is 8.51. The largest absolute Gasteiger partial charge is 0.497 e. The summed E-state index contributed by atoms with van der Waals surface area (Å²) in [5.41, 5.74) is 3.15. The van der Waals surface area contributed by atoms with Gasteiger partial charge in [0.05, 0.1) is 46.2 Å². The molecule has 0 spiro atoms. The van der Waals surface area contributed by atoms with Crippen molar-refractivity contribution in [2.45, 2.75) is 26.5 Å². The molecule has 0 unspecified atom stereocenters. The molecule has 0 aliphatic carbocycles. The van der Waals surface area contributed by atoms with Gasteiger partial charge in [-0.15, -0.1) is 0 Å². The van der Waals surface area contributed by atoms with Crippen molar-refractivity contribution in [3.8, 4) is 17.2 Å². The molecule has 1 aliphatic heterocycles. The molecule has 0 N–H and O–H groups in total. The normalized spacial score (nSPS) is 14.7. The molecule has 1 atom stereocenters. The number of methoxy groups -OCH3 is 2. The minimum atomic E-state index is -0.697. The van der Waals surface area contributed by atoms with E-state index in [0.717, 1.165) is 20.3 Å². The van der Waals surface area contributed by atoms with Gasteiger partial charge in [0.25, 0.3) is 5.56 Å². The maximum atomic E-state index is 13.9. The molecule has 2 heterocycles. The highest BCUT2D eigenvalue weighted by Gasteiger charge is 2.33. The number of ether oxygens (including phenoxy) is 4. The van der Waals surface area contributed by atoms with Crippen molar-refractivity contribution in [1.82, 2.24) is 4.57 Å². The molecule has 1 aromatic heterocycles. The molecule has 216 valence electrons. The highest BCUT2D eigenvalue weighted by molar-refractivity contribution is 14.1. The minimum Gasteiger partial charge on any atom is -0.497 e. The third-order valence-electron chi connectivity index (χ3n) is 6.72. The Morgan fingerprint density at radius 1 is 1.07 bits per heavy atom. The van der Waals surface area contributed by atoms with Crippen LogP contribution in [0.25, 0.3) is 6.08 Å². The second kappa shape index (κ2) is 13.0. The van der Waals surface area contributed by atoms with Crippen LogP contribution in [0.4, 0.5) is 0 Å². The maximum Gasteiger partial charge on any atom is 0.338 e. The Bertz CT molecular complexity index is 1830. The van der Waals surface area contributed by atoms with E-state index in [1.807, 2.05) is 60.7 Å². The van der Waals surface area contributed by atoms with Crippen molar-refractivity contribution in [3.63, 3.8) is 0 Å². The van der Waals surface area contributed by atoms with E-state index >= 15 is 0 Å². The van der Waals surface area contributed by atoms with E-state index in [9.17, 15) is 9.59 Å². The van der Waals surface area contributed by atoms with Crippen LogP contribution < -0.4 is 29.1 Å². The fourth-order valence-corrected chi connectivity index (χ4v) is 6.57. The zero-order valence-electron chi connectivity index (χ0n) is 23.5. The smallest absolute Gasteiger partial charge is 0.338 e. The molecule has 3 aromatic carbocycles. The fourth-order valence-electron chi connectivity index (χ4n) is 4.74. The molecule has 0 amide bonds. The Hall–Kier alpha value is -3.90. The fraction of sp³-hybridized carbons (Fsp3) is 0.219. The standard InChI is InChI=1S/C32H29IN2O6S/c1-5-40-31(37)27-19(2)34-32-35(28(27)22-11-13-23(38-3)14-12-22)30(36)26(42-32)17-21-15-24(33)29(25(16-21)39-4)41-18-20-9-7-6-8-10-20/h6-17,28H,5,18H2,1-4H3/b26-17+/t28-/m1/s1. The number of aromatic nitrogens is 1. The summed E-state index contributed by atoms with van der Waals surface area (Å²) in [4.78, 5) is 32.2. The van der Waals surface area contributed by atoms with Gasteiger partial charge >= 0.3 is 5.97 Å². The average molecular weight is 697 g/mol. The summed E-state index contributed by atoms with van der Waals surface area (Å²) < 4.78 is 25.3. The predicted octanol–water partition coefficient (Wildman–Crippen LogP) is 5.00. The van der Waals surface area contributed by atoms with E-state index in [-0.39, 0.29) is 12.2 Å². The second-order valence-corrected chi connectivity index (χ2v) is 11.6. The lowest BCUT2D eigenvalue weighted by molar-refractivity contribution is -0.139. The average Bonchev–Trinajstić information content (AvgIpc) is 3.30. The molecule has 4 aromatic rings. The number of benzene rings is 3. The number of hydrogen-bond donors (Lipinski definition) is 0. The molecule has 10 heteroatoms. The summed E-state index contributed by atoms with van der Waals surface area (Å²) in [7, 11) is 3.18. The molecular weight excluding hydrogens is 667 g/mol. The van der Waals surface area contributed by atoms with E-state index in [4.69, 9.17) is 18.9 Å². The van der Waals surface area contributed by atoms with Crippen LogP contribution >= 0.6 is 33.9 Å². The van der Waals surface area contributed by atoms with Crippen molar-refractivity contribution in [2.75, 3.05) is 20.8 Å². The molecule has 5 rings (SSSR count). The number of allylic oxidation sites excluding steroid dienone is 1. The summed E-state index contributed by atoms with van der Waals surface area (Å²) in [5.74, 6) is 1.37. The topological polar surface area (TPSA) is 88.4 Å². The van der Waals surface area contributed by atoms with Crippen LogP contribution in [0.5, 0.6) is 17.2 Å². The monoisotopic (exact) mass is 696 g/mol. The number of thiazole rings is 1. The summed E-state index contributed by atoms with van der Waals surface area (Å²) in [6.45, 7) is 4.12. The van der Waals surface area contributed by atoms with E-state index in [1.165, 1.54) is 11.3 Å². The highest BCUT2D eigenvalue weighted by atomic mass is 127. The van der Waals surface area contributed by atoms with Crippen LogP contribution in [-0.4, -0.2) is 31.4 Å². The van der Waals surface area contributed by atoms with E-state index < -0.39 is 12.0 Å². The SMILES string of the molecule is CCOC(=O)C1=C(C)N=c2s/c(=C/c3cc(I)c(OCc4ccccc4)c(OC)c3)c(=O)n2[C@@H]1c1ccc(OC)cc1. The number of nitrogens with zero attached hydrogens (tertiary/aromatic N) is 2. The third kappa shape index (κ3) is 6.00. The lowest BCUT2D eigenvalue weighted by Crippen LogP contribution is -2.39. The molecular formula is C32H29IN2O6S. The van der Waals surface area contributed by atoms with Crippen molar-refractivity contribution in [1.29, 1.82) is 0 Å². The number of carbonyl (C=O) groups is 1. The van der Waals surface area contributed by atoms with Gasteiger partial charge in [-0.1, -0.05) is 53.8 Å².